The Kier molecular flexibility index (Phi) is 4.56. The molecule has 0 unspecified atom stereocenters. The molecule has 0 atom stereocenters. The van der Waals surface area contributed by atoms with Crippen LogP contribution in [-0.2, 0) is 19.4 Å². The number of aromatic nitrogens is 4. The van der Waals surface area contributed by atoms with E-state index in [2.05, 4.69) is 31.2 Å². The quantitative estimate of drug-likeness (QED) is 0.727. The van der Waals surface area contributed by atoms with E-state index in [1.807, 2.05) is 10.9 Å². The molecule has 26 heavy (non-hydrogen) atoms. The maximum Gasteiger partial charge on any atom is 0.263 e. The van der Waals surface area contributed by atoms with E-state index in [1.54, 1.807) is 22.1 Å². The fraction of sp³-hybridized carbons (Fsp3) is 0.526. The predicted octanol–water partition coefficient (Wildman–Crippen LogP) is 4.27. The Morgan fingerprint density at radius 3 is 2.85 bits per heavy atom. The number of anilines is 2. The van der Waals surface area contributed by atoms with Crippen molar-refractivity contribution in [3.63, 3.8) is 0 Å². The van der Waals surface area contributed by atoms with Crippen LogP contribution in [0.3, 0.4) is 0 Å². The summed E-state index contributed by atoms with van der Waals surface area (Å²) in [6.07, 6.45) is 9.09. The molecule has 0 saturated heterocycles. The molecule has 3 heterocycles. The lowest BCUT2D eigenvalue weighted by Gasteiger charge is -2.13. The zero-order chi connectivity index (χ0) is 18.3. The molecule has 0 saturated carbocycles. The van der Waals surface area contributed by atoms with Crippen molar-refractivity contribution >= 4 is 33.2 Å². The highest BCUT2D eigenvalue weighted by molar-refractivity contribution is 7.18. The fourth-order valence-electron chi connectivity index (χ4n) is 3.58. The average molecular weight is 372 g/mol. The molecule has 0 aliphatic heterocycles. The number of nitrogens with one attached hydrogen (secondary N) is 1. The van der Waals surface area contributed by atoms with Gasteiger partial charge in [-0.2, -0.15) is 5.10 Å². The first-order valence-corrected chi connectivity index (χ1v) is 10.3. The van der Waals surface area contributed by atoms with Crippen LogP contribution in [-0.4, -0.2) is 19.3 Å². The van der Waals surface area contributed by atoms with Crippen molar-refractivity contribution in [1.82, 2.24) is 19.3 Å². The van der Waals surface area contributed by atoms with Crippen LogP contribution in [0.5, 0.6) is 0 Å². The molecule has 1 aliphatic carbocycles. The fourth-order valence-corrected chi connectivity index (χ4v) is 4.83. The topological polar surface area (TPSA) is 64.7 Å². The van der Waals surface area contributed by atoms with E-state index < -0.39 is 0 Å². The van der Waals surface area contributed by atoms with Crippen molar-refractivity contribution in [2.24, 2.45) is 0 Å². The lowest BCUT2D eigenvalue weighted by atomic mass is 9.97. The Balaban J connectivity index is 1.82. The van der Waals surface area contributed by atoms with Crippen LogP contribution in [0.15, 0.2) is 17.2 Å². The molecule has 4 rings (SSSR count). The van der Waals surface area contributed by atoms with Crippen molar-refractivity contribution < 1.29 is 0 Å². The molecular weight excluding hydrogens is 346 g/mol. The van der Waals surface area contributed by atoms with Gasteiger partial charge in [-0.3, -0.25) is 14.0 Å². The summed E-state index contributed by atoms with van der Waals surface area (Å²) < 4.78 is 3.68. The van der Waals surface area contributed by atoms with Crippen molar-refractivity contribution in [1.29, 1.82) is 0 Å². The van der Waals surface area contributed by atoms with E-state index in [9.17, 15) is 4.79 Å². The lowest BCUT2D eigenvalue weighted by Crippen LogP contribution is -2.24. The number of hydrogen-bond donors (Lipinski definition) is 1. The molecule has 0 amide bonds. The van der Waals surface area contributed by atoms with Gasteiger partial charge in [-0.25, -0.2) is 4.98 Å². The van der Waals surface area contributed by atoms with Gasteiger partial charge in [0.2, 0.25) is 5.95 Å². The third kappa shape index (κ3) is 2.94. The second-order valence-electron chi connectivity index (χ2n) is 7.21. The molecule has 0 aromatic carbocycles. The molecule has 1 N–H and O–H groups in total. The van der Waals surface area contributed by atoms with Crippen molar-refractivity contribution in [2.45, 2.75) is 65.5 Å². The summed E-state index contributed by atoms with van der Waals surface area (Å²) in [5, 5.41) is 8.54. The number of fused-ring (bicyclic) bond motifs is 3. The Morgan fingerprint density at radius 1 is 1.31 bits per heavy atom. The number of rotatable bonds is 5. The van der Waals surface area contributed by atoms with Crippen LogP contribution >= 0.6 is 11.3 Å². The third-order valence-corrected chi connectivity index (χ3v) is 6.09. The van der Waals surface area contributed by atoms with Gasteiger partial charge in [-0.15, -0.1) is 11.3 Å². The van der Waals surface area contributed by atoms with Gasteiger partial charge in [-0.1, -0.05) is 6.92 Å². The summed E-state index contributed by atoms with van der Waals surface area (Å²) >= 11 is 1.69. The molecule has 1 aliphatic rings. The molecule has 0 fully saturated rings. The minimum atomic E-state index is 0.0926. The highest BCUT2D eigenvalue weighted by atomic mass is 32.1. The van der Waals surface area contributed by atoms with E-state index in [0.29, 0.717) is 18.5 Å². The van der Waals surface area contributed by atoms with Gasteiger partial charge < -0.3 is 5.32 Å². The second kappa shape index (κ2) is 6.87. The number of aryl methyl sites for hydroxylation is 2. The van der Waals surface area contributed by atoms with Gasteiger partial charge in [0.25, 0.3) is 5.56 Å². The Morgan fingerprint density at radius 2 is 2.12 bits per heavy atom. The zero-order valence-corrected chi connectivity index (χ0v) is 16.4. The minimum Gasteiger partial charge on any atom is -0.323 e. The van der Waals surface area contributed by atoms with Crippen LogP contribution < -0.4 is 10.9 Å². The maximum absolute atomic E-state index is 13.2. The highest BCUT2D eigenvalue weighted by Crippen LogP contribution is 2.34. The van der Waals surface area contributed by atoms with Gasteiger partial charge in [0.1, 0.15) is 4.83 Å². The number of hydrogen-bond acceptors (Lipinski definition) is 5. The highest BCUT2D eigenvalue weighted by Gasteiger charge is 2.22. The second-order valence-corrected chi connectivity index (χ2v) is 8.29. The maximum atomic E-state index is 13.2. The Hall–Kier alpha value is -2.15. The first-order valence-electron chi connectivity index (χ1n) is 9.44. The van der Waals surface area contributed by atoms with Crippen LogP contribution in [0.25, 0.3) is 10.2 Å². The summed E-state index contributed by atoms with van der Waals surface area (Å²) in [6.45, 7) is 6.92. The van der Waals surface area contributed by atoms with Gasteiger partial charge in [0.05, 0.1) is 17.3 Å². The summed E-state index contributed by atoms with van der Waals surface area (Å²) in [5.41, 5.74) is 2.20. The van der Waals surface area contributed by atoms with E-state index in [1.165, 1.54) is 23.3 Å². The SMILES string of the molecule is CCCn1c(Nc2cnn(C(C)C)c2)nc2sc3c(c2c1=O)CCCC3. The summed E-state index contributed by atoms with van der Waals surface area (Å²) in [4.78, 5) is 20.3. The minimum absolute atomic E-state index is 0.0926. The summed E-state index contributed by atoms with van der Waals surface area (Å²) in [5.74, 6) is 0.617. The van der Waals surface area contributed by atoms with Gasteiger partial charge >= 0.3 is 0 Å². The summed E-state index contributed by atoms with van der Waals surface area (Å²) in [6, 6.07) is 0.294. The molecular formula is C19H25N5OS. The van der Waals surface area contributed by atoms with Gasteiger partial charge in [0.15, 0.2) is 0 Å². The molecule has 0 spiro atoms. The lowest BCUT2D eigenvalue weighted by molar-refractivity contribution is 0.532. The normalized spacial score (nSPS) is 14.2. The monoisotopic (exact) mass is 371 g/mol. The van der Waals surface area contributed by atoms with E-state index in [4.69, 9.17) is 4.98 Å². The average Bonchev–Trinajstić information content (AvgIpc) is 3.22. The number of nitrogens with zero attached hydrogens (tertiary/aromatic N) is 4. The molecule has 0 bridgehead atoms. The molecule has 3 aromatic heterocycles. The first-order chi connectivity index (χ1) is 12.6. The Bertz CT molecular complexity index is 997. The summed E-state index contributed by atoms with van der Waals surface area (Å²) in [7, 11) is 0. The number of thiophene rings is 1. The van der Waals surface area contributed by atoms with Crippen molar-refractivity contribution in [3.05, 3.63) is 33.2 Å². The molecule has 138 valence electrons. The van der Waals surface area contributed by atoms with E-state index in [0.717, 1.165) is 35.2 Å². The van der Waals surface area contributed by atoms with Crippen LogP contribution in [0.2, 0.25) is 0 Å². The molecule has 0 radical (unpaired) electrons. The van der Waals surface area contributed by atoms with Crippen LogP contribution in [0.1, 0.15) is 56.5 Å². The van der Waals surface area contributed by atoms with Crippen molar-refractivity contribution in [2.75, 3.05) is 5.32 Å². The third-order valence-electron chi connectivity index (χ3n) is 4.91. The predicted molar refractivity (Wildman–Crippen MR) is 107 cm³/mol. The van der Waals surface area contributed by atoms with E-state index in [-0.39, 0.29) is 5.56 Å². The smallest absolute Gasteiger partial charge is 0.263 e. The largest absolute Gasteiger partial charge is 0.323 e. The van der Waals surface area contributed by atoms with Crippen molar-refractivity contribution in [3.8, 4) is 0 Å². The zero-order valence-electron chi connectivity index (χ0n) is 15.6. The first kappa shape index (κ1) is 17.3. The molecule has 7 heteroatoms. The van der Waals surface area contributed by atoms with Crippen LogP contribution in [0.4, 0.5) is 11.6 Å². The molecule has 3 aromatic rings. The molecule has 6 nitrogen and oxygen atoms in total. The van der Waals surface area contributed by atoms with Crippen LogP contribution in [0, 0.1) is 0 Å². The Labute approximate surface area is 156 Å². The van der Waals surface area contributed by atoms with Gasteiger partial charge in [-0.05, 0) is 51.5 Å². The standard InChI is InChI=1S/C19H25N5OS/c1-4-9-23-18(25)16-14-7-5-6-8-15(14)26-17(16)22-19(23)21-13-10-20-24(11-13)12(2)3/h10-12H,4-9H2,1-3H3,(H,21,22). The van der Waals surface area contributed by atoms with E-state index >= 15 is 0 Å². The van der Waals surface area contributed by atoms with Gasteiger partial charge in [0, 0.05) is 23.7 Å².